The first-order valence-corrected chi connectivity index (χ1v) is 6.21. The van der Waals surface area contributed by atoms with E-state index in [1.54, 1.807) is 18.2 Å². The lowest BCUT2D eigenvalue weighted by Crippen LogP contribution is -2.37. The minimum atomic E-state index is -2.43. The number of carboxylic acids is 1. The molecule has 0 amide bonds. The summed E-state index contributed by atoms with van der Waals surface area (Å²) in [5.74, 6) is -1.55. The first-order chi connectivity index (χ1) is 10.4. The van der Waals surface area contributed by atoms with Gasteiger partial charge in [0.05, 0.1) is 7.11 Å². The molecule has 3 N–H and O–H groups in total. The molecule has 0 saturated carbocycles. The van der Waals surface area contributed by atoms with E-state index < -0.39 is 18.0 Å². The average molecular weight is 289 g/mol. The number of carboxylic acid groups (broad SMARTS) is 1. The largest absolute Gasteiger partial charge is 0.504 e. The molecule has 5 nitrogen and oxygen atoms in total. The van der Waals surface area contributed by atoms with Gasteiger partial charge in [0, 0.05) is 7.77 Å². The molecular weight excluding hydrogens is 272 g/mol. The maximum atomic E-state index is 11.6. The highest BCUT2D eigenvalue weighted by Crippen LogP contribution is 2.31. The summed E-state index contributed by atoms with van der Waals surface area (Å²) in [5.41, 5.74) is -2.17. The van der Waals surface area contributed by atoms with E-state index in [2.05, 4.69) is 0 Å². The van der Waals surface area contributed by atoms with Gasteiger partial charge in [0.15, 0.2) is 17.1 Å². The molecule has 0 aromatic heterocycles. The second-order valence-corrected chi connectivity index (χ2v) is 4.51. The second-order valence-electron chi connectivity index (χ2n) is 4.51. The zero-order chi connectivity index (χ0) is 16.3. The zero-order valence-electron chi connectivity index (χ0n) is 12.4. The Morgan fingerprint density at radius 3 is 2.48 bits per heavy atom. The summed E-state index contributed by atoms with van der Waals surface area (Å²) in [6, 6.07) is 11.8. The Kier molecular flexibility index (Phi) is 3.75. The molecule has 0 bridgehead atoms. The number of hydrogen-bond acceptors (Lipinski definition) is 4. The first kappa shape index (κ1) is 13.5. The lowest BCUT2D eigenvalue weighted by atomic mass is 9.87. The van der Waals surface area contributed by atoms with Crippen molar-refractivity contribution in [2.24, 2.45) is 0 Å². The van der Waals surface area contributed by atoms with Crippen molar-refractivity contribution >= 4 is 5.97 Å². The van der Waals surface area contributed by atoms with E-state index in [1.165, 1.54) is 37.4 Å². The quantitative estimate of drug-likeness (QED) is 0.782. The molecule has 0 aliphatic heterocycles. The molecule has 2 rings (SSSR count). The Hall–Kier alpha value is -2.53. The molecule has 0 heterocycles. The third-order valence-corrected chi connectivity index (χ3v) is 3.12. The van der Waals surface area contributed by atoms with Crippen molar-refractivity contribution in [1.82, 2.24) is 0 Å². The molecule has 0 aliphatic carbocycles. The third-order valence-electron chi connectivity index (χ3n) is 3.12. The van der Waals surface area contributed by atoms with Gasteiger partial charge in [0.25, 0.3) is 0 Å². The molecule has 1 unspecified atom stereocenters. The number of ether oxygens (including phenoxy) is 1. The molecule has 0 spiro atoms. The highest BCUT2D eigenvalue weighted by molar-refractivity contribution is 5.79. The Morgan fingerprint density at radius 2 is 1.95 bits per heavy atom. The standard InChI is InChI=1S/C16H16O5/c1-21-14-8-7-11(9-13(14)17)10-16(20,15(18)19)12-5-3-2-4-6-12/h2-9,17,20H,10H2,1H3,(H,18,19)/t16-/m0/s1/i10D/t10?,16-. The number of benzene rings is 2. The number of aromatic hydroxyl groups is 1. The van der Waals surface area contributed by atoms with Crippen LogP contribution in [0.15, 0.2) is 48.5 Å². The average Bonchev–Trinajstić information content (AvgIpc) is 2.53. The number of hydrogen-bond donors (Lipinski definition) is 3. The highest BCUT2D eigenvalue weighted by Gasteiger charge is 2.38. The molecule has 0 fully saturated rings. The number of carbonyl (C=O) groups is 1. The van der Waals surface area contributed by atoms with E-state index >= 15 is 0 Å². The van der Waals surface area contributed by atoms with Gasteiger partial charge < -0.3 is 20.1 Å². The summed E-state index contributed by atoms with van der Waals surface area (Å²) in [5, 5.41) is 29.8. The van der Waals surface area contributed by atoms with E-state index in [4.69, 9.17) is 6.11 Å². The fourth-order valence-electron chi connectivity index (χ4n) is 2.00. The van der Waals surface area contributed by atoms with Crippen LogP contribution in [0.3, 0.4) is 0 Å². The fourth-order valence-corrected chi connectivity index (χ4v) is 2.00. The van der Waals surface area contributed by atoms with Crippen molar-refractivity contribution in [3.63, 3.8) is 0 Å². The van der Waals surface area contributed by atoms with Crippen molar-refractivity contribution in [1.29, 1.82) is 0 Å². The van der Waals surface area contributed by atoms with Crippen LogP contribution in [0, 0.1) is 0 Å². The van der Waals surface area contributed by atoms with Crippen LogP contribution in [-0.4, -0.2) is 28.4 Å². The summed E-state index contributed by atoms with van der Waals surface area (Å²) in [6.45, 7) is 0. The van der Waals surface area contributed by atoms with E-state index in [9.17, 15) is 20.1 Å². The molecule has 2 atom stereocenters. The number of aliphatic carboxylic acids is 1. The molecule has 0 radical (unpaired) electrons. The van der Waals surface area contributed by atoms with Gasteiger partial charge in [-0.2, -0.15) is 0 Å². The Bertz CT molecular complexity index is 673. The van der Waals surface area contributed by atoms with Gasteiger partial charge in [-0.05, 0) is 23.3 Å². The maximum Gasteiger partial charge on any atom is 0.340 e. The zero-order valence-corrected chi connectivity index (χ0v) is 11.4. The smallest absolute Gasteiger partial charge is 0.340 e. The molecule has 0 saturated heterocycles. The predicted octanol–water partition coefficient (Wildman–Crippen LogP) is 1.92. The first-order valence-electron chi connectivity index (χ1n) is 6.79. The SMILES string of the molecule is [2H]C(c1ccc(OC)c(O)c1)[C@@](O)(C(=O)O)c1ccccc1. The normalized spacial score (nSPS) is 15.6. The van der Waals surface area contributed by atoms with Crippen LogP contribution in [0.5, 0.6) is 11.5 Å². The molecule has 2 aromatic rings. The second kappa shape index (κ2) is 5.85. The Morgan fingerprint density at radius 1 is 1.29 bits per heavy atom. The number of aliphatic hydroxyl groups is 1. The predicted molar refractivity (Wildman–Crippen MR) is 76.3 cm³/mol. The van der Waals surface area contributed by atoms with Crippen LogP contribution in [0.2, 0.25) is 0 Å². The monoisotopic (exact) mass is 289 g/mol. The summed E-state index contributed by atoms with van der Waals surface area (Å²) < 4.78 is 13.1. The van der Waals surface area contributed by atoms with Crippen LogP contribution in [0.25, 0.3) is 0 Å². The molecule has 5 heteroatoms. The topological polar surface area (TPSA) is 87.0 Å². The summed E-state index contributed by atoms with van der Waals surface area (Å²) in [6.07, 6.45) is -1.52. The van der Waals surface area contributed by atoms with Crippen molar-refractivity contribution in [3.8, 4) is 11.5 Å². The van der Waals surface area contributed by atoms with Crippen molar-refractivity contribution in [2.45, 2.75) is 12.0 Å². The van der Waals surface area contributed by atoms with Gasteiger partial charge in [-0.15, -0.1) is 0 Å². The number of rotatable bonds is 5. The number of phenolic OH excluding ortho intramolecular Hbond substituents is 1. The van der Waals surface area contributed by atoms with Crippen molar-refractivity contribution in [2.75, 3.05) is 7.11 Å². The lowest BCUT2D eigenvalue weighted by molar-refractivity contribution is -0.159. The summed E-state index contributed by atoms with van der Waals surface area (Å²) in [7, 11) is 1.38. The maximum absolute atomic E-state index is 11.6. The van der Waals surface area contributed by atoms with Gasteiger partial charge >= 0.3 is 5.97 Å². The number of phenols is 1. The summed E-state index contributed by atoms with van der Waals surface area (Å²) >= 11 is 0. The van der Waals surface area contributed by atoms with Crippen LogP contribution < -0.4 is 4.74 Å². The minimum absolute atomic E-state index is 0.0952. The van der Waals surface area contributed by atoms with E-state index in [0.717, 1.165) is 0 Å². The Labute approximate surface area is 123 Å². The van der Waals surface area contributed by atoms with Gasteiger partial charge in [-0.1, -0.05) is 36.4 Å². The van der Waals surface area contributed by atoms with Gasteiger partial charge in [-0.3, -0.25) is 0 Å². The van der Waals surface area contributed by atoms with Crippen LogP contribution in [0.4, 0.5) is 0 Å². The molecule has 110 valence electrons. The number of methoxy groups -OCH3 is 1. The van der Waals surface area contributed by atoms with E-state index in [-0.39, 0.29) is 22.6 Å². The van der Waals surface area contributed by atoms with Gasteiger partial charge in [-0.25, -0.2) is 4.79 Å². The van der Waals surface area contributed by atoms with E-state index in [0.29, 0.717) is 0 Å². The lowest BCUT2D eigenvalue weighted by Gasteiger charge is -2.24. The minimum Gasteiger partial charge on any atom is -0.504 e. The van der Waals surface area contributed by atoms with Crippen LogP contribution in [-0.2, 0) is 16.8 Å². The summed E-state index contributed by atoms with van der Waals surface area (Å²) in [4.78, 5) is 11.6. The van der Waals surface area contributed by atoms with E-state index in [1.807, 2.05) is 0 Å². The molecule has 21 heavy (non-hydrogen) atoms. The molecule has 0 aliphatic rings. The molecule has 2 aromatic carbocycles. The highest BCUT2D eigenvalue weighted by atomic mass is 16.5. The fraction of sp³-hybridized carbons (Fsp3) is 0.188. The van der Waals surface area contributed by atoms with Gasteiger partial charge in [0.1, 0.15) is 0 Å². The third kappa shape index (κ3) is 2.98. The molecular formula is C16H16O5. The Balaban J connectivity index is 2.49. The van der Waals surface area contributed by atoms with Crippen molar-refractivity contribution < 1.29 is 26.2 Å². The van der Waals surface area contributed by atoms with Crippen molar-refractivity contribution in [3.05, 3.63) is 59.7 Å². The van der Waals surface area contributed by atoms with Crippen LogP contribution in [0.1, 0.15) is 12.5 Å². The van der Waals surface area contributed by atoms with Crippen LogP contribution >= 0.6 is 0 Å². The van der Waals surface area contributed by atoms with Gasteiger partial charge in [0.2, 0.25) is 0 Å².